The van der Waals surface area contributed by atoms with Gasteiger partial charge in [-0.25, -0.2) is 9.78 Å². The molecule has 9 nitrogen and oxygen atoms in total. The van der Waals surface area contributed by atoms with Crippen LogP contribution in [0.1, 0.15) is 44.6 Å². The van der Waals surface area contributed by atoms with Gasteiger partial charge in [-0.05, 0) is 48.2 Å². The molecule has 0 aliphatic carbocycles. The molecular weight excluding hydrogens is 569 g/mol. The number of anilines is 1. The molecule has 0 unspecified atom stereocenters. The van der Waals surface area contributed by atoms with Crippen molar-refractivity contribution in [2.24, 2.45) is 0 Å². The van der Waals surface area contributed by atoms with E-state index in [1.807, 2.05) is 65.7 Å². The van der Waals surface area contributed by atoms with Crippen LogP contribution in [0.25, 0.3) is 10.4 Å². The molecule has 2 aromatic heterocycles. The first-order chi connectivity index (χ1) is 20.5. The highest BCUT2D eigenvalue weighted by atomic mass is 32.1. The first-order valence-corrected chi connectivity index (χ1v) is 15.7. The Kier molecular flexibility index (Phi) is 8.59. The van der Waals surface area contributed by atoms with Gasteiger partial charge < -0.3 is 26.2 Å². The number of rotatable bonds is 9. The highest BCUT2D eigenvalue weighted by Gasteiger charge is 2.35. The molecular formula is C31H32N6O3S2. The normalized spacial score (nSPS) is 16.6. The Morgan fingerprint density at radius 1 is 0.905 bits per heavy atom. The zero-order chi connectivity index (χ0) is 28.9. The van der Waals surface area contributed by atoms with Crippen molar-refractivity contribution < 1.29 is 14.4 Å². The summed E-state index contributed by atoms with van der Waals surface area (Å²) in [4.78, 5) is 45.7. The number of carbonyl (C=O) groups is 3. The largest absolute Gasteiger partial charge is 0.336 e. The fraction of sp³-hybridized carbons (Fsp3) is 0.290. The minimum atomic E-state index is -0.203. The molecule has 2 aromatic carbocycles. The van der Waals surface area contributed by atoms with Gasteiger partial charge in [-0.3, -0.25) is 9.59 Å². The molecule has 0 saturated carbocycles. The number of nitrogens with one attached hydrogen (secondary N) is 4. The number of likely N-dealkylation sites (tertiary alicyclic amines) is 1. The molecule has 0 radical (unpaired) electrons. The summed E-state index contributed by atoms with van der Waals surface area (Å²) in [6.45, 7) is 3.06. The third kappa shape index (κ3) is 6.70. The number of urea groups is 1. The van der Waals surface area contributed by atoms with E-state index < -0.39 is 0 Å². The van der Waals surface area contributed by atoms with Crippen molar-refractivity contribution in [3.05, 3.63) is 93.9 Å². The average molecular weight is 601 g/mol. The zero-order valence-corrected chi connectivity index (χ0v) is 24.6. The Balaban J connectivity index is 0.956. The van der Waals surface area contributed by atoms with Gasteiger partial charge in [-0.15, -0.1) is 22.7 Å². The van der Waals surface area contributed by atoms with Gasteiger partial charge >= 0.3 is 6.03 Å². The molecule has 216 valence electrons. The predicted molar refractivity (Wildman–Crippen MR) is 166 cm³/mol. The third-order valence-electron chi connectivity index (χ3n) is 7.47. The number of thiazole rings is 1. The molecule has 1 atom stereocenters. The second kappa shape index (κ2) is 12.8. The number of aromatic nitrogens is 1. The molecule has 0 spiro atoms. The molecule has 0 bridgehead atoms. The van der Waals surface area contributed by atoms with Crippen LogP contribution in [-0.2, 0) is 17.9 Å². The van der Waals surface area contributed by atoms with Crippen molar-refractivity contribution in [1.82, 2.24) is 25.8 Å². The van der Waals surface area contributed by atoms with E-state index in [1.165, 1.54) is 11.3 Å². The first-order valence-electron chi connectivity index (χ1n) is 14.1. The van der Waals surface area contributed by atoms with Crippen LogP contribution in [-0.4, -0.2) is 53.4 Å². The summed E-state index contributed by atoms with van der Waals surface area (Å²) >= 11 is 2.97. The second-order valence-corrected chi connectivity index (χ2v) is 12.6. The van der Waals surface area contributed by atoms with Crippen molar-refractivity contribution in [3.63, 3.8) is 0 Å². The van der Waals surface area contributed by atoms with E-state index in [9.17, 15) is 14.4 Å². The Morgan fingerprint density at radius 2 is 1.64 bits per heavy atom. The maximum Gasteiger partial charge on any atom is 0.315 e. The molecule has 2 aliphatic heterocycles. The molecule has 4 heterocycles. The third-order valence-corrected chi connectivity index (χ3v) is 9.67. The summed E-state index contributed by atoms with van der Waals surface area (Å²) in [5, 5.41) is 13.6. The number of carbonyl (C=O) groups excluding carboxylic acids is 3. The van der Waals surface area contributed by atoms with E-state index in [0.29, 0.717) is 36.1 Å². The fourth-order valence-corrected chi connectivity index (χ4v) is 6.90. The molecule has 6 rings (SSSR count). The van der Waals surface area contributed by atoms with Crippen molar-refractivity contribution in [2.75, 3.05) is 25.0 Å². The molecule has 4 amide bonds. The predicted octanol–water partition coefficient (Wildman–Crippen LogP) is 4.80. The Bertz CT molecular complexity index is 1540. The standard InChI is InChI=1S/C31H32N6O3S2/c38-28(24-7-4-14-32-24)36-27-13-12-25(41-27)30(39)37-18-23(19-37)29-33-17-26(42-29)22-10-8-21(9-11-22)16-35-31(40)34-15-20-5-2-1-3-6-20/h1-3,5-6,8-13,17,23-24,32H,4,7,14-16,18-19H2,(H,36,38)(H2,34,35,40)/t24-/m0/s1. The molecule has 4 N–H and O–H groups in total. The van der Waals surface area contributed by atoms with Gasteiger partial charge in [-0.1, -0.05) is 54.6 Å². The van der Waals surface area contributed by atoms with Crippen LogP contribution in [0.2, 0.25) is 0 Å². The van der Waals surface area contributed by atoms with E-state index >= 15 is 0 Å². The van der Waals surface area contributed by atoms with E-state index in [-0.39, 0.29) is 29.8 Å². The maximum absolute atomic E-state index is 13.0. The highest BCUT2D eigenvalue weighted by molar-refractivity contribution is 7.18. The molecule has 4 aromatic rings. The summed E-state index contributed by atoms with van der Waals surface area (Å²) in [6.07, 6.45) is 3.74. The smallest absolute Gasteiger partial charge is 0.315 e. The fourth-order valence-electron chi connectivity index (χ4n) is 5.01. The van der Waals surface area contributed by atoms with Crippen molar-refractivity contribution in [2.45, 2.75) is 37.9 Å². The van der Waals surface area contributed by atoms with Crippen molar-refractivity contribution in [1.29, 1.82) is 0 Å². The number of amides is 4. The van der Waals surface area contributed by atoms with E-state index in [0.717, 1.165) is 46.0 Å². The van der Waals surface area contributed by atoms with Gasteiger partial charge in [0.15, 0.2) is 0 Å². The van der Waals surface area contributed by atoms with Gasteiger partial charge in [0, 0.05) is 38.3 Å². The monoisotopic (exact) mass is 600 g/mol. The minimum Gasteiger partial charge on any atom is -0.336 e. The Labute approximate surface area is 252 Å². The van der Waals surface area contributed by atoms with Gasteiger partial charge in [0.2, 0.25) is 5.91 Å². The Hall–Kier alpha value is -4.06. The highest BCUT2D eigenvalue weighted by Crippen LogP contribution is 2.36. The number of benzene rings is 2. The lowest BCUT2D eigenvalue weighted by Gasteiger charge is -2.37. The average Bonchev–Trinajstić information content (AvgIpc) is 3.78. The summed E-state index contributed by atoms with van der Waals surface area (Å²) in [5.74, 6) is 0.175. The van der Waals surface area contributed by atoms with Crippen molar-refractivity contribution >= 4 is 45.5 Å². The lowest BCUT2D eigenvalue weighted by molar-refractivity contribution is -0.117. The lowest BCUT2D eigenvalue weighted by atomic mass is 10.0. The summed E-state index contributed by atoms with van der Waals surface area (Å²) in [6, 6.07) is 21.2. The Morgan fingerprint density at radius 3 is 2.36 bits per heavy atom. The second-order valence-electron chi connectivity index (χ2n) is 10.5. The molecule has 2 aliphatic rings. The summed E-state index contributed by atoms with van der Waals surface area (Å²) in [7, 11) is 0. The van der Waals surface area contributed by atoms with Crippen LogP contribution < -0.4 is 21.3 Å². The first kappa shape index (κ1) is 28.1. The quantitative estimate of drug-likeness (QED) is 0.220. The zero-order valence-electron chi connectivity index (χ0n) is 23.0. The molecule has 11 heteroatoms. The van der Waals surface area contributed by atoms with E-state index in [1.54, 1.807) is 23.5 Å². The van der Waals surface area contributed by atoms with E-state index in [4.69, 9.17) is 0 Å². The molecule has 42 heavy (non-hydrogen) atoms. The van der Waals surface area contributed by atoms with Gasteiger partial charge in [0.1, 0.15) is 0 Å². The van der Waals surface area contributed by atoms with Crippen LogP contribution >= 0.6 is 22.7 Å². The van der Waals surface area contributed by atoms with Crippen LogP contribution in [0, 0.1) is 0 Å². The van der Waals surface area contributed by atoms with Crippen LogP contribution in [0.3, 0.4) is 0 Å². The van der Waals surface area contributed by atoms with E-state index in [2.05, 4.69) is 26.3 Å². The summed E-state index contributed by atoms with van der Waals surface area (Å²) < 4.78 is 0. The number of hydrogen-bond donors (Lipinski definition) is 4. The lowest BCUT2D eigenvalue weighted by Crippen LogP contribution is -2.48. The minimum absolute atomic E-state index is 0.00883. The number of hydrogen-bond acceptors (Lipinski definition) is 7. The SMILES string of the molecule is O=C(NCc1ccccc1)NCc1ccc(-c2cnc(C3CN(C(=O)c4ccc(NC(=O)[C@@H]5CCCN5)s4)C3)s2)cc1. The molecule has 2 fully saturated rings. The van der Waals surface area contributed by atoms with Gasteiger partial charge in [0.05, 0.1) is 25.8 Å². The van der Waals surface area contributed by atoms with Crippen LogP contribution in [0.5, 0.6) is 0 Å². The topological polar surface area (TPSA) is 115 Å². The van der Waals surface area contributed by atoms with Gasteiger partial charge in [-0.2, -0.15) is 0 Å². The van der Waals surface area contributed by atoms with Crippen LogP contribution in [0.15, 0.2) is 72.9 Å². The van der Waals surface area contributed by atoms with Crippen LogP contribution in [0.4, 0.5) is 9.80 Å². The van der Waals surface area contributed by atoms with Gasteiger partial charge in [0.25, 0.3) is 5.91 Å². The van der Waals surface area contributed by atoms with Crippen molar-refractivity contribution in [3.8, 4) is 10.4 Å². The number of nitrogens with zero attached hydrogens (tertiary/aromatic N) is 2. The summed E-state index contributed by atoms with van der Waals surface area (Å²) in [5.41, 5.74) is 3.14. The molecule has 2 saturated heterocycles. The maximum atomic E-state index is 13.0. The number of thiophene rings is 1.